The molecule has 1 aliphatic carbocycles. The molecule has 0 N–H and O–H groups in total. The van der Waals surface area contributed by atoms with Crippen LogP contribution >= 0.6 is 0 Å². The first-order chi connectivity index (χ1) is 5.49. The summed E-state index contributed by atoms with van der Waals surface area (Å²) >= 11 is 0. The van der Waals surface area contributed by atoms with Crippen LogP contribution in [-0.4, -0.2) is 18.0 Å². The second kappa shape index (κ2) is 3.37. The Bertz CT molecular complexity index is 170. The molecular formula is C8H12F2O2. The number of hydrogen-bond donors (Lipinski definition) is 0. The maximum Gasteiger partial charge on any atom is 0.302 e. The Labute approximate surface area is 69.9 Å². The Hall–Kier alpha value is -0.670. The predicted molar refractivity (Wildman–Crippen MR) is 39.0 cm³/mol. The number of carbonyl (C=O) groups excluding carboxylic acids is 1. The van der Waals surface area contributed by atoms with Crippen LogP contribution in [0.4, 0.5) is 8.78 Å². The molecule has 0 unspecified atom stereocenters. The second-order valence-corrected chi connectivity index (χ2v) is 3.16. The van der Waals surface area contributed by atoms with Crippen LogP contribution in [0.25, 0.3) is 0 Å². The van der Waals surface area contributed by atoms with Crippen LogP contribution in [0.5, 0.6) is 0 Å². The fraction of sp³-hybridized carbons (Fsp3) is 0.875. The van der Waals surface area contributed by atoms with Crippen molar-refractivity contribution >= 4 is 5.97 Å². The fourth-order valence-electron chi connectivity index (χ4n) is 1.37. The van der Waals surface area contributed by atoms with Crippen molar-refractivity contribution in [2.24, 2.45) is 0 Å². The minimum Gasteiger partial charge on any atom is -0.463 e. The molecule has 0 aromatic carbocycles. The number of halogens is 2. The van der Waals surface area contributed by atoms with Gasteiger partial charge in [0.1, 0.15) is 6.10 Å². The molecule has 1 rings (SSSR count). The van der Waals surface area contributed by atoms with Gasteiger partial charge in [0.25, 0.3) is 0 Å². The van der Waals surface area contributed by atoms with Crippen molar-refractivity contribution in [3.8, 4) is 0 Å². The van der Waals surface area contributed by atoms with Crippen molar-refractivity contribution in [3.63, 3.8) is 0 Å². The Morgan fingerprint density at radius 3 is 2.33 bits per heavy atom. The van der Waals surface area contributed by atoms with Gasteiger partial charge >= 0.3 is 5.97 Å². The van der Waals surface area contributed by atoms with Crippen molar-refractivity contribution in [2.45, 2.75) is 44.6 Å². The minimum absolute atomic E-state index is 0.162. The third-order valence-corrected chi connectivity index (χ3v) is 2.00. The van der Waals surface area contributed by atoms with Gasteiger partial charge in [0.2, 0.25) is 5.92 Å². The number of ether oxygens (including phenoxy) is 1. The summed E-state index contributed by atoms with van der Waals surface area (Å²) in [5.74, 6) is -2.93. The van der Waals surface area contributed by atoms with Crippen molar-refractivity contribution < 1.29 is 18.3 Å². The second-order valence-electron chi connectivity index (χ2n) is 3.16. The van der Waals surface area contributed by atoms with Crippen molar-refractivity contribution in [2.75, 3.05) is 0 Å². The standard InChI is InChI=1S/C8H12F2O2/c1-6(11)12-7-2-4-8(9,10)5-3-7/h7H,2-5H2,1H3. The fourth-order valence-corrected chi connectivity index (χ4v) is 1.37. The zero-order valence-electron chi connectivity index (χ0n) is 6.98. The lowest BCUT2D eigenvalue weighted by atomic mass is 9.94. The van der Waals surface area contributed by atoms with Gasteiger partial charge in [-0.25, -0.2) is 8.78 Å². The molecule has 1 fully saturated rings. The van der Waals surface area contributed by atoms with E-state index < -0.39 is 5.92 Å². The van der Waals surface area contributed by atoms with Crippen LogP contribution in [0, 0.1) is 0 Å². The third-order valence-electron chi connectivity index (χ3n) is 2.00. The maximum absolute atomic E-state index is 12.6. The topological polar surface area (TPSA) is 26.3 Å². The number of esters is 1. The van der Waals surface area contributed by atoms with Gasteiger partial charge in [0.05, 0.1) is 0 Å². The first kappa shape index (κ1) is 9.42. The van der Waals surface area contributed by atoms with Crippen LogP contribution in [0.1, 0.15) is 32.6 Å². The molecule has 12 heavy (non-hydrogen) atoms. The van der Waals surface area contributed by atoms with E-state index >= 15 is 0 Å². The third kappa shape index (κ3) is 2.75. The molecule has 0 atom stereocenters. The largest absolute Gasteiger partial charge is 0.463 e. The highest BCUT2D eigenvalue weighted by atomic mass is 19.3. The highest BCUT2D eigenvalue weighted by Crippen LogP contribution is 2.34. The van der Waals surface area contributed by atoms with E-state index in [-0.39, 0.29) is 37.8 Å². The summed E-state index contributed by atoms with van der Waals surface area (Å²) in [6.45, 7) is 1.30. The van der Waals surface area contributed by atoms with E-state index in [1.807, 2.05) is 0 Å². The molecule has 4 heteroatoms. The van der Waals surface area contributed by atoms with Gasteiger partial charge < -0.3 is 4.74 Å². The molecule has 0 aromatic heterocycles. The molecular weight excluding hydrogens is 166 g/mol. The lowest BCUT2D eigenvalue weighted by Crippen LogP contribution is -2.30. The first-order valence-electron chi connectivity index (χ1n) is 4.05. The molecule has 0 radical (unpaired) electrons. The van der Waals surface area contributed by atoms with Gasteiger partial charge in [-0.1, -0.05) is 0 Å². The van der Waals surface area contributed by atoms with Gasteiger partial charge in [-0.15, -0.1) is 0 Å². The van der Waals surface area contributed by atoms with Crippen LogP contribution in [0.2, 0.25) is 0 Å². The molecule has 0 saturated heterocycles. The highest BCUT2D eigenvalue weighted by Gasteiger charge is 2.35. The van der Waals surface area contributed by atoms with Crippen molar-refractivity contribution in [1.29, 1.82) is 0 Å². The SMILES string of the molecule is CC(=O)OC1CCC(F)(F)CC1. The van der Waals surface area contributed by atoms with E-state index in [0.29, 0.717) is 0 Å². The molecule has 70 valence electrons. The zero-order chi connectivity index (χ0) is 9.19. The monoisotopic (exact) mass is 178 g/mol. The van der Waals surface area contributed by atoms with Crippen LogP contribution < -0.4 is 0 Å². The maximum atomic E-state index is 12.6. The smallest absolute Gasteiger partial charge is 0.302 e. The summed E-state index contributed by atoms with van der Waals surface area (Å²) in [6, 6.07) is 0. The zero-order valence-corrected chi connectivity index (χ0v) is 6.98. The Balaban J connectivity index is 2.31. The van der Waals surface area contributed by atoms with E-state index in [1.54, 1.807) is 0 Å². The number of hydrogen-bond acceptors (Lipinski definition) is 2. The molecule has 0 spiro atoms. The van der Waals surface area contributed by atoms with E-state index in [4.69, 9.17) is 4.74 Å². The molecule has 0 aliphatic heterocycles. The van der Waals surface area contributed by atoms with Crippen molar-refractivity contribution in [3.05, 3.63) is 0 Å². The average Bonchev–Trinajstić information content (AvgIpc) is 1.93. The average molecular weight is 178 g/mol. The normalized spacial score (nSPS) is 23.6. The molecule has 0 heterocycles. The first-order valence-corrected chi connectivity index (χ1v) is 4.05. The lowest BCUT2D eigenvalue weighted by Gasteiger charge is -2.27. The Morgan fingerprint density at radius 1 is 1.42 bits per heavy atom. The number of rotatable bonds is 1. The lowest BCUT2D eigenvalue weighted by molar-refractivity contribution is -0.152. The summed E-state index contributed by atoms with van der Waals surface area (Å²) in [5.41, 5.74) is 0. The molecule has 1 aliphatic rings. The predicted octanol–water partition coefficient (Wildman–Crippen LogP) is 2.13. The summed E-state index contributed by atoms with van der Waals surface area (Å²) in [7, 11) is 0. The van der Waals surface area contributed by atoms with Crippen LogP contribution in [-0.2, 0) is 9.53 Å². The number of carbonyl (C=O) groups is 1. The summed E-state index contributed by atoms with van der Waals surface area (Å²) in [5, 5.41) is 0. The van der Waals surface area contributed by atoms with Gasteiger partial charge in [-0.2, -0.15) is 0 Å². The van der Waals surface area contributed by atoms with E-state index in [0.717, 1.165) is 0 Å². The molecule has 0 aromatic rings. The van der Waals surface area contributed by atoms with E-state index in [9.17, 15) is 13.6 Å². The van der Waals surface area contributed by atoms with Gasteiger partial charge in [-0.05, 0) is 12.8 Å². The van der Waals surface area contributed by atoms with E-state index in [1.165, 1.54) is 6.92 Å². The van der Waals surface area contributed by atoms with Gasteiger partial charge in [-0.3, -0.25) is 4.79 Å². The molecule has 0 bridgehead atoms. The molecule has 2 nitrogen and oxygen atoms in total. The summed E-state index contributed by atoms with van der Waals surface area (Å²) in [6.07, 6.45) is -0.0446. The van der Waals surface area contributed by atoms with Gasteiger partial charge in [0.15, 0.2) is 0 Å². The highest BCUT2D eigenvalue weighted by molar-refractivity contribution is 5.66. The summed E-state index contributed by atoms with van der Waals surface area (Å²) < 4.78 is 30.0. The quantitative estimate of drug-likeness (QED) is 0.575. The van der Waals surface area contributed by atoms with E-state index in [2.05, 4.69) is 0 Å². The van der Waals surface area contributed by atoms with Crippen LogP contribution in [0.15, 0.2) is 0 Å². The van der Waals surface area contributed by atoms with Gasteiger partial charge in [0, 0.05) is 19.8 Å². The molecule has 0 amide bonds. The molecule has 1 saturated carbocycles. The Morgan fingerprint density at radius 2 is 1.92 bits per heavy atom. The number of alkyl halides is 2. The van der Waals surface area contributed by atoms with Crippen LogP contribution in [0.3, 0.4) is 0 Å². The summed E-state index contributed by atoms with van der Waals surface area (Å²) in [4.78, 5) is 10.5. The Kier molecular flexibility index (Phi) is 2.65. The minimum atomic E-state index is -2.54. The van der Waals surface area contributed by atoms with Crippen molar-refractivity contribution in [1.82, 2.24) is 0 Å².